The zero-order valence-electron chi connectivity index (χ0n) is 11.7. The van der Waals surface area contributed by atoms with Crippen molar-refractivity contribution in [3.63, 3.8) is 0 Å². The molecular formula is C16H14F2N2O. The number of rotatable bonds is 4. The van der Waals surface area contributed by atoms with Crippen LogP contribution < -0.4 is 10.1 Å². The second-order valence-electron chi connectivity index (χ2n) is 4.55. The number of benzene rings is 2. The third-order valence-electron chi connectivity index (χ3n) is 3.15. The van der Waals surface area contributed by atoms with Gasteiger partial charge in [-0.05, 0) is 36.8 Å². The van der Waals surface area contributed by atoms with Gasteiger partial charge < -0.3 is 10.1 Å². The second-order valence-corrected chi connectivity index (χ2v) is 4.55. The van der Waals surface area contributed by atoms with Gasteiger partial charge in [0.05, 0.1) is 18.7 Å². The molecule has 2 rings (SSSR count). The van der Waals surface area contributed by atoms with Crippen LogP contribution in [0.5, 0.6) is 5.75 Å². The SMILES string of the molecule is COc1ccc(C#N)cc1CNc1c(F)ccc(C)c1F. The molecule has 3 nitrogen and oxygen atoms in total. The van der Waals surface area contributed by atoms with Gasteiger partial charge in [0, 0.05) is 12.1 Å². The fraction of sp³-hybridized carbons (Fsp3) is 0.188. The molecule has 0 saturated heterocycles. The maximum Gasteiger partial charge on any atom is 0.152 e. The monoisotopic (exact) mass is 288 g/mol. The van der Waals surface area contributed by atoms with Gasteiger partial charge >= 0.3 is 0 Å². The number of hydrogen-bond donors (Lipinski definition) is 1. The molecule has 0 amide bonds. The van der Waals surface area contributed by atoms with Gasteiger partial charge in [0.15, 0.2) is 5.82 Å². The first-order valence-electron chi connectivity index (χ1n) is 6.32. The third-order valence-corrected chi connectivity index (χ3v) is 3.15. The van der Waals surface area contributed by atoms with E-state index >= 15 is 0 Å². The first-order chi connectivity index (χ1) is 10.1. The number of nitrogens with one attached hydrogen (secondary N) is 1. The van der Waals surface area contributed by atoms with Crippen molar-refractivity contribution in [2.24, 2.45) is 0 Å². The van der Waals surface area contributed by atoms with Gasteiger partial charge in [-0.1, -0.05) is 6.07 Å². The molecule has 0 spiro atoms. The van der Waals surface area contributed by atoms with Crippen LogP contribution in [0.2, 0.25) is 0 Å². The van der Waals surface area contributed by atoms with Crippen LogP contribution in [0.4, 0.5) is 14.5 Å². The fourth-order valence-electron chi connectivity index (χ4n) is 1.99. The van der Waals surface area contributed by atoms with Crippen LogP contribution in [-0.2, 0) is 6.54 Å². The summed E-state index contributed by atoms with van der Waals surface area (Å²) in [4.78, 5) is 0. The number of methoxy groups -OCH3 is 1. The van der Waals surface area contributed by atoms with Gasteiger partial charge in [-0.25, -0.2) is 8.78 Å². The molecule has 1 N–H and O–H groups in total. The second kappa shape index (κ2) is 6.23. The van der Waals surface area contributed by atoms with E-state index in [0.717, 1.165) is 0 Å². The topological polar surface area (TPSA) is 45.0 Å². The molecule has 0 heterocycles. The van der Waals surface area contributed by atoms with Crippen LogP contribution in [0.3, 0.4) is 0 Å². The van der Waals surface area contributed by atoms with E-state index in [4.69, 9.17) is 10.00 Å². The van der Waals surface area contributed by atoms with Crippen molar-refractivity contribution in [3.8, 4) is 11.8 Å². The highest BCUT2D eigenvalue weighted by molar-refractivity contribution is 5.51. The Morgan fingerprint density at radius 3 is 2.67 bits per heavy atom. The van der Waals surface area contributed by atoms with Crippen molar-refractivity contribution < 1.29 is 13.5 Å². The predicted molar refractivity (Wildman–Crippen MR) is 76.1 cm³/mol. The van der Waals surface area contributed by atoms with Crippen LogP contribution >= 0.6 is 0 Å². The van der Waals surface area contributed by atoms with E-state index in [1.54, 1.807) is 25.1 Å². The highest BCUT2D eigenvalue weighted by Gasteiger charge is 2.12. The minimum atomic E-state index is -0.659. The number of ether oxygens (including phenoxy) is 1. The number of nitrogens with zero attached hydrogens (tertiary/aromatic N) is 1. The van der Waals surface area contributed by atoms with Gasteiger partial charge in [0.25, 0.3) is 0 Å². The Labute approximate surface area is 121 Å². The lowest BCUT2D eigenvalue weighted by molar-refractivity contribution is 0.410. The van der Waals surface area contributed by atoms with Gasteiger partial charge in [0.2, 0.25) is 0 Å². The summed E-state index contributed by atoms with van der Waals surface area (Å²) in [5.74, 6) is -0.728. The van der Waals surface area contributed by atoms with Crippen molar-refractivity contribution in [1.29, 1.82) is 5.26 Å². The molecule has 108 valence electrons. The molecule has 0 atom stereocenters. The van der Waals surface area contributed by atoms with Crippen LogP contribution in [0, 0.1) is 29.9 Å². The van der Waals surface area contributed by atoms with E-state index in [2.05, 4.69) is 5.32 Å². The lowest BCUT2D eigenvalue weighted by atomic mass is 10.1. The molecule has 2 aromatic carbocycles. The first kappa shape index (κ1) is 14.8. The van der Waals surface area contributed by atoms with Crippen molar-refractivity contribution >= 4 is 5.69 Å². The van der Waals surface area contributed by atoms with Crippen molar-refractivity contribution in [1.82, 2.24) is 0 Å². The van der Waals surface area contributed by atoms with E-state index in [0.29, 0.717) is 22.4 Å². The van der Waals surface area contributed by atoms with Crippen molar-refractivity contribution in [3.05, 3.63) is 58.7 Å². The molecule has 0 aliphatic rings. The summed E-state index contributed by atoms with van der Waals surface area (Å²) < 4.78 is 32.8. The largest absolute Gasteiger partial charge is 0.496 e. The standard InChI is InChI=1S/C16H14F2N2O/c1-10-3-5-13(17)16(15(10)18)20-9-12-7-11(8-19)4-6-14(12)21-2/h3-7,20H,9H2,1-2H3. The predicted octanol–water partition coefficient (Wildman–Crippen LogP) is 3.77. The summed E-state index contributed by atoms with van der Waals surface area (Å²) in [7, 11) is 1.50. The summed E-state index contributed by atoms with van der Waals surface area (Å²) in [5, 5.41) is 11.6. The molecule has 5 heteroatoms. The van der Waals surface area contributed by atoms with Gasteiger partial charge in [-0.3, -0.25) is 0 Å². The first-order valence-corrected chi connectivity index (χ1v) is 6.32. The molecule has 0 radical (unpaired) electrons. The zero-order valence-corrected chi connectivity index (χ0v) is 11.7. The number of aryl methyl sites for hydroxylation is 1. The number of nitriles is 1. The van der Waals surface area contributed by atoms with E-state index in [-0.39, 0.29) is 12.2 Å². The highest BCUT2D eigenvalue weighted by Crippen LogP contribution is 2.25. The Morgan fingerprint density at radius 2 is 2.00 bits per heavy atom. The fourth-order valence-corrected chi connectivity index (χ4v) is 1.99. The molecule has 0 aliphatic carbocycles. The summed E-state index contributed by atoms with van der Waals surface area (Å²) >= 11 is 0. The van der Waals surface area contributed by atoms with Crippen LogP contribution in [0.25, 0.3) is 0 Å². The summed E-state index contributed by atoms with van der Waals surface area (Å²) in [6.07, 6.45) is 0. The maximum absolute atomic E-state index is 13.9. The highest BCUT2D eigenvalue weighted by atomic mass is 19.1. The lowest BCUT2D eigenvalue weighted by Gasteiger charge is -2.13. The van der Waals surface area contributed by atoms with Crippen molar-refractivity contribution in [2.75, 3.05) is 12.4 Å². The Kier molecular flexibility index (Phi) is 4.39. The smallest absolute Gasteiger partial charge is 0.152 e. The Balaban J connectivity index is 2.28. The maximum atomic E-state index is 13.9. The van der Waals surface area contributed by atoms with Gasteiger partial charge in [-0.2, -0.15) is 5.26 Å². The van der Waals surface area contributed by atoms with Crippen molar-refractivity contribution in [2.45, 2.75) is 13.5 Å². The Morgan fingerprint density at radius 1 is 1.24 bits per heavy atom. The van der Waals surface area contributed by atoms with E-state index in [1.165, 1.54) is 19.2 Å². The molecule has 21 heavy (non-hydrogen) atoms. The van der Waals surface area contributed by atoms with E-state index in [1.807, 2.05) is 6.07 Å². The van der Waals surface area contributed by atoms with Crippen LogP contribution in [0.15, 0.2) is 30.3 Å². The summed E-state index contributed by atoms with van der Waals surface area (Å²) in [6.45, 7) is 1.72. The quantitative estimate of drug-likeness (QED) is 0.931. The number of anilines is 1. The Bertz CT molecular complexity index is 708. The summed E-state index contributed by atoms with van der Waals surface area (Å²) in [6, 6.07) is 9.51. The molecule has 0 aliphatic heterocycles. The molecule has 2 aromatic rings. The average Bonchev–Trinajstić information content (AvgIpc) is 2.50. The Hall–Kier alpha value is -2.61. The number of hydrogen-bond acceptors (Lipinski definition) is 3. The minimum Gasteiger partial charge on any atom is -0.496 e. The molecule has 0 aromatic heterocycles. The normalized spacial score (nSPS) is 10.0. The van der Waals surface area contributed by atoms with E-state index < -0.39 is 11.6 Å². The third kappa shape index (κ3) is 3.11. The van der Waals surface area contributed by atoms with Gasteiger partial charge in [-0.15, -0.1) is 0 Å². The molecule has 0 bridgehead atoms. The lowest BCUT2D eigenvalue weighted by Crippen LogP contribution is -2.06. The molecule has 0 unspecified atom stereocenters. The average molecular weight is 288 g/mol. The minimum absolute atomic E-state index is 0.149. The summed E-state index contributed by atoms with van der Waals surface area (Å²) in [5.41, 5.74) is 1.28. The van der Waals surface area contributed by atoms with E-state index in [9.17, 15) is 8.78 Å². The molecular weight excluding hydrogens is 274 g/mol. The van der Waals surface area contributed by atoms with Crippen LogP contribution in [-0.4, -0.2) is 7.11 Å². The number of halogens is 2. The zero-order chi connectivity index (χ0) is 15.4. The van der Waals surface area contributed by atoms with Crippen LogP contribution in [0.1, 0.15) is 16.7 Å². The molecule has 0 saturated carbocycles. The molecule has 0 fully saturated rings. The van der Waals surface area contributed by atoms with Gasteiger partial charge in [0.1, 0.15) is 17.3 Å².